The molecule has 0 aliphatic rings. The van der Waals surface area contributed by atoms with Crippen molar-refractivity contribution in [1.82, 2.24) is 14.9 Å². The Morgan fingerprint density at radius 2 is 2.00 bits per heavy atom. The monoisotopic (exact) mass is 324 g/mol. The molecule has 1 aromatic carbocycles. The number of rotatable bonds is 4. The van der Waals surface area contributed by atoms with Crippen LogP contribution < -0.4 is 4.74 Å². The molecule has 122 valence electrons. The van der Waals surface area contributed by atoms with Gasteiger partial charge in [0.2, 0.25) is 0 Å². The van der Waals surface area contributed by atoms with Gasteiger partial charge in [0.15, 0.2) is 11.5 Å². The normalized spacial score (nSPS) is 11.7. The third-order valence-corrected chi connectivity index (χ3v) is 2.80. The number of aliphatic imine (C=N–C) groups is 1. The Morgan fingerprint density at radius 3 is 2.61 bits per heavy atom. The number of methoxy groups -OCH3 is 1. The molecule has 8 heteroatoms. The van der Waals surface area contributed by atoms with E-state index < -0.39 is 11.9 Å². The number of hydrogen-bond acceptors (Lipinski definition) is 4. The molecule has 2 rings (SSSR count). The SMILES string of the molecule is COc1cccc(-c2nc(C(F)(F)F)cnc2N=CN(C)C)c1. The first-order valence-electron chi connectivity index (χ1n) is 6.60. The molecule has 1 heterocycles. The third-order valence-electron chi connectivity index (χ3n) is 2.80. The lowest BCUT2D eigenvalue weighted by atomic mass is 10.1. The Hall–Kier alpha value is -2.64. The quantitative estimate of drug-likeness (QED) is 0.639. The molecule has 0 unspecified atom stereocenters. The van der Waals surface area contributed by atoms with Crippen LogP contribution in [-0.2, 0) is 6.18 Å². The molecular weight excluding hydrogens is 309 g/mol. The highest BCUT2D eigenvalue weighted by Crippen LogP contribution is 2.33. The van der Waals surface area contributed by atoms with Gasteiger partial charge in [-0.2, -0.15) is 13.2 Å². The van der Waals surface area contributed by atoms with Crippen LogP contribution in [0.5, 0.6) is 5.75 Å². The van der Waals surface area contributed by atoms with E-state index in [0.717, 1.165) is 0 Å². The zero-order valence-corrected chi connectivity index (χ0v) is 12.8. The minimum absolute atomic E-state index is 0.0387. The van der Waals surface area contributed by atoms with Crippen LogP contribution in [0.15, 0.2) is 35.5 Å². The van der Waals surface area contributed by atoms with Crippen molar-refractivity contribution < 1.29 is 17.9 Å². The van der Waals surface area contributed by atoms with E-state index in [1.807, 2.05) is 0 Å². The molecule has 23 heavy (non-hydrogen) atoms. The van der Waals surface area contributed by atoms with Crippen molar-refractivity contribution in [3.63, 3.8) is 0 Å². The highest BCUT2D eigenvalue weighted by atomic mass is 19.4. The molecule has 0 radical (unpaired) electrons. The second-order valence-corrected chi connectivity index (χ2v) is 4.87. The maximum atomic E-state index is 12.9. The van der Waals surface area contributed by atoms with Gasteiger partial charge in [-0.15, -0.1) is 0 Å². The predicted molar refractivity (Wildman–Crippen MR) is 80.9 cm³/mol. The number of aromatic nitrogens is 2. The zero-order valence-electron chi connectivity index (χ0n) is 12.8. The lowest BCUT2D eigenvalue weighted by Gasteiger charge is -2.11. The number of halogens is 3. The molecule has 0 aliphatic carbocycles. The van der Waals surface area contributed by atoms with E-state index in [-0.39, 0.29) is 11.5 Å². The average Bonchev–Trinajstić information content (AvgIpc) is 2.51. The number of benzene rings is 1. The number of nitrogens with zero attached hydrogens (tertiary/aromatic N) is 4. The molecule has 0 saturated heterocycles. The maximum absolute atomic E-state index is 12.9. The van der Waals surface area contributed by atoms with Gasteiger partial charge in [0, 0.05) is 19.7 Å². The van der Waals surface area contributed by atoms with Crippen LogP contribution in [0, 0.1) is 0 Å². The van der Waals surface area contributed by atoms with Gasteiger partial charge >= 0.3 is 6.18 Å². The molecule has 1 aromatic heterocycles. The van der Waals surface area contributed by atoms with Gasteiger partial charge in [-0.3, -0.25) is 0 Å². The van der Waals surface area contributed by atoms with Crippen molar-refractivity contribution in [3.8, 4) is 17.0 Å². The van der Waals surface area contributed by atoms with E-state index in [1.54, 1.807) is 43.3 Å². The average molecular weight is 324 g/mol. The summed E-state index contributed by atoms with van der Waals surface area (Å²) in [7, 11) is 4.96. The zero-order chi connectivity index (χ0) is 17.0. The Morgan fingerprint density at radius 1 is 1.26 bits per heavy atom. The van der Waals surface area contributed by atoms with E-state index in [4.69, 9.17) is 4.74 Å². The Bertz CT molecular complexity index is 714. The minimum atomic E-state index is -4.58. The first kappa shape index (κ1) is 16.7. The first-order valence-corrected chi connectivity index (χ1v) is 6.60. The minimum Gasteiger partial charge on any atom is -0.497 e. The summed E-state index contributed by atoms with van der Waals surface area (Å²) < 4.78 is 43.8. The summed E-state index contributed by atoms with van der Waals surface area (Å²) >= 11 is 0. The smallest absolute Gasteiger partial charge is 0.434 e. The van der Waals surface area contributed by atoms with Gasteiger partial charge in [0.25, 0.3) is 0 Å². The molecule has 5 nitrogen and oxygen atoms in total. The number of hydrogen-bond donors (Lipinski definition) is 0. The van der Waals surface area contributed by atoms with Gasteiger partial charge in [-0.05, 0) is 12.1 Å². The third kappa shape index (κ3) is 4.18. The van der Waals surface area contributed by atoms with Crippen molar-refractivity contribution in [1.29, 1.82) is 0 Å². The van der Waals surface area contributed by atoms with E-state index >= 15 is 0 Å². The lowest BCUT2D eigenvalue weighted by Crippen LogP contribution is -2.10. The van der Waals surface area contributed by atoms with Crippen LogP contribution in [0.2, 0.25) is 0 Å². The summed E-state index contributed by atoms with van der Waals surface area (Å²) in [5.41, 5.74) is -0.593. The van der Waals surface area contributed by atoms with Gasteiger partial charge < -0.3 is 9.64 Å². The van der Waals surface area contributed by atoms with Crippen LogP contribution in [0.3, 0.4) is 0 Å². The summed E-state index contributed by atoms with van der Waals surface area (Å²) in [6.45, 7) is 0. The van der Waals surface area contributed by atoms with Crippen LogP contribution in [0.25, 0.3) is 11.3 Å². The second-order valence-electron chi connectivity index (χ2n) is 4.87. The van der Waals surface area contributed by atoms with Crippen LogP contribution in [0.1, 0.15) is 5.69 Å². The molecule has 0 fully saturated rings. The summed E-state index contributed by atoms with van der Waals surface area (Å²) in [6, 6.07) is 6.56. The van der Waals surface area contributed by atoms with Crippen molar-refractivity contribution in [2.75, 3.05) is 21.2 Å². The summed E-state index contributed by atoms with van der Waals surface area (Å²) in [5.74, 6) is 0.601. The van der Waals surface area contributed by atoms with E-state index in [0.29, 0.717) is 17.5 Å². The molecule has 0 aliphatic heterocycles. The molecule has 0 N–H and O–H groups in total. The predicted octanol–water partition coefficient (Wildman–Crippen LogP) is 3.39. The summed E-state index contributed by atoms with van der Waals surface area (Å²) in [4.78, 5) is 13.2. The van der Waals surface area contributed by atoms with E-state index in [2.05, 4.69) is 15.0 Å². The Labute approximate surface area is 131 Å². The lowest BCUT2D eigenvalue weighted by molar-refractivity contribution is -0.141. The molecule has 0 amide bonds. The molecule has 0 bridgehead atoms. The fourth-order valence-electron chi connectivity index (χ4n) is 1.75. The molecule has 0 atom stereocenters. The van der Waals surface area contributed by atoms with Crippen LogP contribution in [0.4, 0.5) is 19.0 Å². The van der Waals surface area contributed by atoms with Gasteiger partial charge in [-0.1, -0.05) is 12.1 Å². The number of alkyl halides is 3. The fraction of sp³-hybridized carbons (Fsp3) is 0.267. The topological polar surface area (TPSA) is 50.6 Å². The largest absolute Gasteiger partial charge is 0.497 e. The van der Waals surface area contributed by atoms with Crippen molar-refractivity contribution >= 4 is 12.2 Å². The summed E-state index contributed by atoms with van der Waals surface area (Å²) in [5, 5.41) is 0. The second kappa shape index (κ2) is 6.64. The van der Waals surface area contributed by atoms with Crippen LogP contribution >= 0.6 is 0 Å². The van der Waals surface area contributed by atoms with E-state index in [1.165, 1.54) is 13.4 Å². The Kier molecular flexibility index (Phi) is 4.83. The highest BCUT2D eigenvalue weighted by Gasteiger charge is 2.34. The standard InChI is InChI=1S/C15H15F3N4O/c1-22(2)9-20-14-13(10-5-4-6-11(7-10)23-3)21-12(8-19-14)15(16,17)18/h4-9H,1-3H3. The first-order chi connectivity index (χ1) is 10.8. The highest BCUT2D eigenvalue weighted by molar-refractivity contribution is 5.73. The number of ether oxygens (including phenoxy) is 1. The van der Waals surface area contributed by atoms with Gasteiger partial charge in [-0.25, -0.2) is 15.0 Å². The van der Waals surface area contributed by atoms with Crippen molar-refractivity contribution in [2.24, 2.45) is 4.99 Å². The van der Waals surface area contributed by atoms with Crippen molar-refractivity contribution in [2.45, 2.75) is 6.18 Å². The fourth-order valence-corrected chi connectivity index (χ4v) is 1.75. The van der Waals surface area contributed by atoms with Gasteiger partial charge in [0.1, 0.15) is 11.4 Å². The summed E-state index contributed by atoms with van der Waals surface area (Å²) in [6.07, 6.45) is -2.46. The van der Waals surface area contributed by atoms with Gasteiger partial charge in [0.05, 0.1) is 19.6 Å². The molecule has 0 saturated carbocycles. The maximum Gasteiger partial charge on any atom is 0.434 e. The molecular formula is C15H15F3N4O. The van der Waals surface area contributed by atoms with Crippen LogP contribution in [-0.4, -0.2) is 42.4 Å². The Balaban J connectivity index is 2.60. The molecule has 2 aromatic rings. The van der Waals surface area contributed by atoms with E-state index in [9.17, 15) is 13.2 Å². The van der Waals surface area contributed by atoms with Crippen molar-refractivity contribution in [3.05, 3.63) is 36.2 Å². The molecule has 0 spiro atoms.